The fourth-order valence-electron chi connectivity index (χ4n) is 4.58. The van der Waals surface area contributed by atoms with E-state index in [-0.39, 0.29) is 49.1 Å². The molecule has 7 heteroatoms. The highest BCUT2D eigenvalue weighted by Crippen LogP contribution is 2.41. The molecular formula is C26H38O7. The molecule has 1 saturated carbocycles. The van der Waals surface area contributed by atoms with E-state index in [4.69, 9.17) is 18.9 Å². The number of aliphatic hydroxyl groups is 2. The Hall–Kier alpha value is -1.93. The number of esters is 1. The van der Waals surface area contributed by atoms with Gasteiger partial charge in [0, 0.05) is 18.3 Å². The molecule has 7 nitrogen and oxygen atoms in total. The Balaban J connectivity index is 1.44. The normalized spacial score (nSPS) is 28.5. The lowest BCUT2D eigenvalue weighted by atomic mass is 9.87. The van der Waals surface area contributed by atoms with Crippen LogP contribution in [0.1, 0.15) is 38.7 Å². The molecule has 0 spiro atoms. The summed E-state index contributed by atoms with van der Waals surface area (Å²) in [6.07, 6.45) is 4.63. The van der Waals surface area contributed by atoms with Gasteiger partial charge in [-0.25, -0.2) is 4.79 Å². The van der Waals surface area contributed by atoms with Crippen molar-refractivity contribution in [3.8, 4) is 5.75 Å². The molecule has 1 aliphatic carbocycles. The van der Waals surface area contributed by atoms with Crippen LogP contribution in [0.3, 0.4) is 0 Å². The lowest BCUT2D eigenvalue weighted by molar-refractivity contribution is -0.153. The van der Waals surface area contributed by atoms with Crippen LogP contribution in [0.15, 0.2) is 36.4 Å². The summed E-state index contributed by atoms with van der Waals surface area (Å²) in [4.78, 5) is 11.6. The van der Waals surface area contributed by atoms with Gasteiger partial charge in [-0.1, -0.05) is 29.8 Å². The molecule has 0 aromatic heterocycles. The van der Waals surface area contributed by atoms with Crippen LogP contribution < -0.4 is 4.74 Å². The molecule has 2 fully saturated rings. The summed E-state index contributed by atoms with van der Waals surface area (Å²) in [6.45, 7) is 6.75. The third kappa shape index (κ3) is 8.10. The summed E-state index contributed by atoms with van der Waals surface area (Å²) in [5.41, 5.74) is 1.15. The first-order valence-electron chi connectivity index (χ1n) is 11.9. The molecule has 0 bridgehead atoms. The standard InChI is InChI=1S/C26H38O7/c1-17(2)33-26(29)16-30-13-19-6-10-23-22(24(28)12-25(23)32-14-19)11-7-20(27)15-31-21-8-4-18(3)5-9-21/h4-5,7-9,11,17,19-20,22-25,27-28H,6,10,12-16H2,1-3H3/b11-7+/t19-,20-,22-,23-,24-,25+/m1/s1. The van der Waals surface area contributed by atoms with Crippen molar-refractivity contribution in [2.45, 2.75) is 64.4 Å². The van der Waals surface area contributed by atoms with Gasteiger partial charge < -0.3 is 29.2 Å². The van der Waals surface area contributed by atoms with Gasteiger partial charge >= 0.3 is 5.97 Å². The van der Waals surface area contributed by atoms with Gasteiger partial charge in [0.05, 0.1) is 31.5 Å². The first-order valence-corrected chi connectivity index (χ1v) is 11.9. The molecule has 1 aromatic rings. The minimum absolute atomic E-state index is 0.00786. The second-order valence-corrected chi connectivity index (χ2v) is 9.49. The van der Waals surface area contributed by atoms with Gasteiger partial charge in [0.2, 0.25) is 0 Å². The maximum Gasteiger partial charge on any atom is 0.332 e. The fraction of sp³-hybridized carbons (Fsp3) is 0.654. The highest BCUT2D eigenvalue weighted by molar-refractivity contribution is 5.70. The number of hydrogen-bond acceptors (Lipinski definition) is 7. The average Bonchev–Trinajstić information content (AvgIpc) is 2.93. The number of fused-ring (bicyclic) bond motifs is 1. The monoisotopic (exact) mass is 462 g/mol. The Morgan fingerprint density at radius 1 is 1.24 bits per heavy atom. The average molecular weight is 463 g/mol. The smallest absolute Gasteiger partial charge is 0.332 e. The van der Waals surface area contributed by atoms with E-state index in [1.165, 1.54) is 0 Å². The second kappa shape index (κ2) is 12.5. The third-order valence-electron chi connectivity index (χ3n) is 6.28. The van der Waals surface area contributed by atoms with Crippen LogP contribution in [0.2, 0.25) is 0 Å². The largest absolute Gasteiger partial charge is 0.491 e. The van der Waals surface area contributed by atoms with E-state index in [2.05, 4.69) is 0 Å². The van der Waals surface area contributed by atoms with E-state index in [0.29, 0.717) is 19.6 Å². The molecule has 184 valence electrons. The van der Waals surface area contributed by atoms with Crippen molar-refractivity contribution >= 4 is 5.97 Å². The first-order chi connectivity index (χ1) is 15.8. The zero-order valence-electron chi connectivity index (χ0n) is 19.9. The summed E-state index contributed by atoms with van der Waals surface area (Å²) in [6, 6.07) is 7.70. The molecule has 2 aliphatic rings. The van der Waals surface area contributed by atoms with Gasteiger partial charge in [0.15, 0.2) is 0 Å². The third-order valence-corrected chi connectivity index (χ3v) is 6.28. The summed E-state index contributed by atoms with van der Waals surface area (Å²) in [5.74, 6) is 0.700. The SMILES string of the molecule is Cc1ccc(OC[C@H](O)/C=C/[C@@H]2[C@H]3CC[C@H](COCC(=O)OC(C)C)CO[C@H]3C[C@H]2O)cc1. The van der Waals surface area contributed by atoms with Crippen molar-refractivity contribution in [1.29, 1.82) is 0 Å². The van der Waals surface area contributed by atoms with Crippen molar-refractivity contribution in [1.82, 2.24) is 0 Å². The zero-order chi connectivity index (χ0) is 23.8. The van der Waals surface area contributed by atoms with Crippen molar-refractivity contribution in [2.75, 3.05) is 26.4 Å². The minimum Gasteiger partial charge on any atom is -0.491 e. The van der Waals surface area contributed by atoms with Crippen LogP contribution in [0, 0.1) is 24.7 Å². The molecule has 2 N–H and O–H groups in total. The van der Waals surface area contributed by atoms with Crippen molar-refractivity contribution in [2.24, 2.45) is 17.8 Å². The molecule has 1 heterocycles. The van der Waals surface area contributed by atoms with E-state index in [1.54, 1.807) is 6.08 Å². The molecule has 1 aromatic carbocycles. The van der Waals surface area contributed by atoms with Gasteiger partial charge in [0.1, 0.15) is 25.1 Å². The quantitative estimate of drug-likeness (QED) is 0.408. The summed E-state index contributed by atoms with van der Waals surface area (Å²) < 4.78 is 22.4. The molecule has 1 saturated heterocycles. The molecule has 0 unspecified atom stereocenters. The highest BCUT2D eigenvalue weighted by Gasteiger charge is 2.43. The molecule has 3 rings (SSSR count). The predicted octanol–water partition coefficient (Wildman–Crippen LogP) is 3.05. The Bertz CT molecular complexity index is 760. The number of rotatable bonds is 10. The van der Waals surface area contributed by atoms with Crippen molar-refractivity contribution in [3.63, 3.8) is 0 Å². The van der Waals surface area contributed by atoms with E-state index in [9.17, 15) is 15.0 Å². The number of carbonyl (C=O) groups is 1. The van der Waals surface area contributed by atoms with Crippen molar-refractivity contribution in [3.05, 3.63) is 42.0 Å². The molecule has 6 atom stereocenters. The zero-order valence-corrected chi connectivity index (χ0v) is 19.9. The fourth-order valence-corrected chi connectivity index (χ4v) is 4.58. The Morgan fingerprint density at radius 2 is 2.00 bits per heavy atom. The number of aliphatic hydroxyl groups excluding tert-OH is 2. The summed E-state index contributed by atoms with van der Waals surface area (Å²) >= 11 is 0. The Labute approximate surface area is 196 Å². The number of aryl methyl sites for hydroxylation is 1. The topological polar surface area (TPSA) is 94.5 Å². The Morgan fingerprint density at radius 3 is 2.73 bits per heavy atom. The highest BCUT2D eigenvalue weighted by atomic mass is 16.6. The van der Waals surface area contributed by atoms with E-state index >= 15 is 0 Å². The summed E-state index contributed by atoms with van der Waals surface area (Å²) in [5, 5.41) is 20.9. The number of hydrogen-bond donors (Lipinski definition) is 2. The van der Waals surface area contributed by atoms with Crippen LogP contribution in [0.25, 0.3) is 0 Å². The second-order valence-electron chi connectivity index (χ2n) is 9.49. The predicted molar refractivity (Wildman–Crippen MR) is 124 cm³/mol. The van der Waals surface area contributed by atoms with Crippen LogP contribution >= 0.6 is 0 Å². The van der Waals surface area contributed by atoms with Gasteiger partial charge in [-0.05, 0) is 51.7 Å². The van der Waals surface area contributed by atoms with E-state index < -0.39 is 12.2 Å². The Kier molecular flexibility index (Phi) is 9.74. The van der Waals surface area contributed by atoms with Crippen LogP contribution in [0.5, 0.6) is 5.75 Å². The van der Waals surface area contributed by atoms with Crippen LogP contribution in [-0.4, -0.2) is 67.0 Å². The van der Waals surface area contributed by atoms with E-state index in [1.807, 2.05) is 51.1 Å². The summed E-state index contributed by atoms with van der Waals surface area (Å²) in [7, 11) is 0. The minimum atomic E-state index is -0.754. The van der Waals surface area contributed by atoms with Gasteiger partial charge in [0.25, 0.3) is 0 Å². The van der Waals surface area contributed by atoms with Crippen LogP contribution in [-0.2, 0) is 19.0 Å². The maximum absolute atomic E-state index is 11.6. The molecule has 33 heavy (non-hydrogen) atoms. The molecule has 0 amide bonds. The number of benzene rings is 1. The van der Waals surface area contributed by atoms with E-state index in [0.717, 1.165) is 24.2 Å². The van der Waals surface area contributed by atoms with Gasteiger partial charge in [-0.15, -0.1) is 0 Å². The number of carbonyl (C=O) groups excluding carboxylic acids is 1. The van der Waals surface area contributed by atoms with Gasteiger partial charge in [-0.2, -0.15) is 0 Å². The first kappa shape index (κ1) is 25.7. The number of ether oxygens (including phenoxy) is 4. The van der Waals surface area contributed by atoms with Gasteiger partial charge in [-0.3, -0.25) is 0 Å². The lowest BCUT2D eigenvalue weighted by Crippen LogP contribution is -2.22. The lowest BCUT2D eigenvalue weighted by Gasteiger charge is -2.21. The van der Waals surface area contributed by atoms with Crippen molar-refractivity contribution < 1.29 is 34.0 Å². The molecular weight excluding hydrogens is 424 g/mol. The maximum atomic E-state index is 11.6. The molecule has 1 aliphatic heterocycles. The molecule has 0 radical (unpaired) electrons. The van der Waals surface area contributed by atoms with Crippen LogP contribution in [0.4, 0.5) is 0 Å².